The van der Waals surface area contributed by atoms with Crippen LogP contribution in [0, 0.1) is 0 Å². The van der Waals surface area contributed by atoms with Crippen molar-refractivity contribution in [2.24, 2.45) is 0 Å². The monoisotopic (exact) mass is 474 g/mol. The maximum atomic E-state index is 13.3. The number of carbonyl (C=O) groups excluding carboxylic acids is 1. The minimum atomic E-state index is -4.66. The number of phenols is 1. The number of hydrogen-bond acceptors (Lipinski definition) is 4. The molecule has 6 nitrogen and oxygen atoms in total. The Morgan fingerprint density at radius 1 is 1.12 bits per heavy atom. The van der Waals surface area contributed by atoms with Crippen LogP contribution in [0.1, 0.15) is 29.8 Å². The van der Waals surface area contributed by atoms with Gasteiger partial charge in [0.2, 0.25) is 5.91 Å². The van der Waals surface area contributed by atoms with Crippen molar-refractivity contribution in [3.05, 3.63) is 82.8 Å². The van der Waals surface area contributed by atoms with E-state index >= 15 is 0 Å². The summed E-state index contributed by atoms with van der Waals surface area (Å²) in [7, 11) is 0. The highest BCUT2D eigenvalue weighted by Crippen LogP contribution is 2.30. The minimum Gasteiger partial charge on any atom is -0.508 e. The Kier molecular flexibility index (Phi) is 5.99. The first-order valence-electron chi connectivity index (χ1n) is 9.91. The first-order valence-corrected chi connectivity index (χ1v) is 10.3. The lowest BCUT2D eigenvalue weighted by atomic mass is 9.97. The molecule has 0 aliphatic rings. The largest absolute Gasteiger partial charge is 0.508 e. The van der Waals surface area contributed by atoms with Crippen molar-refractivity contribution in [3.8, 4) is 11.6 Å². The van der Waals surface area contributed by atoms with Crippen molar-refractivity contribution in [2.75, 3.05) is 0 Å². The lowest BCUT2D eigenvalue weighted by Gasteiger charge is -2.14. The molecule has 0 saturated carbocycles. The number of nitrogens with one attached hydrogen (secondary N) is 1. The Morgan fingerprint density at radius 2 is 1.85 bits per heavy atom. The molecule has 0 saturated heterocycles. The molecule has 2 N–H and O–H groups in total. The predicted octanol–water partition coefficient (Wildman–Crippen LogP) is 5.22. The van der Waals surface area contributed by atoms with Crippen LogP contribution in [0.2, 0.25) is 5.15 Å². The van der Waals surface area contributed by atoms with Gasteiger partial charge in [-0.2, -0.15) is 18.3 Å². The Balaban J connectivity index is 1.56. The highest BCUT2D eigenvalue weighted by Gasteiger charge is 2.35. The molecular formula is C23H18ClF3N4O2. The molecule has 0 fully saturated rings. The topological polar surface area (TPSA) is 80.0 Å². The van der Waals surface area contributed by atoms with Gasteiger partial charge in [0.15, 0.2) is 11.5 Å². The van der Waals surface area contributed by atoms with Gasteiger partial charge in [-0.25, -0.2) is 9.67 Å². The number of aromatic hydroxyl groups is 1. The summed E-state index contributed by atoms with van der Waals surface area (Å²) in [6.45, 7) is 1.51. The first-order chi connectivity index (χ1) is 15.6. The highest BCUT2D eigenvalue weighted by molar-refractivity contribution is 6.29. The van der Waals surface area contributed by atoms with Gasteiger partial charge in [-0.15, -0.1) is 0 Å². The average Bonchev–Trinajstić information content (AvgIpc) is 3.21. The van der Waals surface area contributed by atoms with Crippen LogP contribution in [-0.2, 0) is 17.5 Å². The van der Waals surface area contributed by atoms with E-state index in [1.165, 1.54) is 12.1 Å². The third-order valence-corrected chi connectivity index (χ3v) is 5.39. The second kappa shape index (κ2) is 8.74. The molecule has 1 atom stereocenters. The molecule has 2 heterocycles. The molecule has 1 amide bonds. The Hall–Kier alpha value is -3.59. The van der Waals surface area contributed by atoms with Crippen molar-refractivity contribution < 1.29 is 23.1 Å². The van der Waals surface area contributed by atoms with Crippen molar-refractivity contribution in [3.63, 3.8) is 0 Å². The van der Waals surface area contributed by atoms with Gasteiger partial charge < -0.3 is 10.4 Å². The van der Waals surface area contributed by atoms with Gasteiger partial charge in [0, 0.05) is 0 Å². The molecule has 1 unspecified atom stereocenters. The number of fused-ring (bicyclic) bond motifs is 1. The number of rotatable bonds is 5. The van der Waals surface area contributed by atoms with Crippen LogP contribution in [0.4, 0.5) is 13.2 Å². The molecule has 0 aliphatic carbocycles. The minimum absolute atomic E-state index is 0.102. The lowest BCUT2D eigenvalue weighted by molar-refractivity contribution is -0.141. The number of alkyl halides is 3. The molecule has 0 aliphatic heterocycles. The average molecular weight is 475 g/mol. The summed E-state index contributed by atoms with van der Waals surface area (Å²) in [4.78, 5) is 16.8. The number of nitrogens with zero attached hydrogens (tertiary/aromatic N) is 3. The van der Waals surface area contributed by atoms with Crippen LogP contribution in [0.3, 0.4) is 0 Å². The number of benzene rings is 2. The summed E-state index contributed by atoms with van der Waals surface area (Å²) < 4.78 is 40.8. The number of carbonyl (C=O) groups is 1. The van der Waals surface area contributed by atoms with Gasteiger partial charge in [-0.1, -0.05) is 41.9 Å². The number of aromatic nitrogens is 3. The van der Waals surface area contributed by atoms with Gasteiger partial charge in [0.1, 0.15) is 10.9 Å². The van der Waals surface area contributed by atoms with Crippen LogP contribution < -0.4 is 5.32 Å². The summed E-state index contributed by atoms with van der Waals surface area (Å²) >= 11 is 5.87. The van der Waals surface area contributed by atoms with Gasteiger partial charge >= 0.3 is 6.18 Å². The number of pyridine rings is 1. The molecule has 2 aromatic heterocycles. The van der Waals surface area contributed by atoms with E-state index < -0.39 is 17.8 Å². The lowest BCUT2D eigenvalue weighted by Crippen LogP contribution is -2.28. The fourth-order valence-electron chi connectivity index (χ4n) is 3.40. The van der Waals surface area contributed by atoms with Crippen LogP contribution in [0.25, 0.3) is 16.6 Å². The van der Waals surface area contributed by atoms with E-state index in [0.29, 0.717) is 0 Å². The summed E-state index contributed by atoms with van der Waals surface area (Å²) in [6, 6.07) is 15.7. The Morgan fingerprint density at radius 3 is 2.58 bits per heavy atom. The van der Waals surface area contributed by atoms with Crippen LogP contribution in [-0.4, -0.2) is 25.8 Å². The first kappa shape index (κ1) is 22.6. The fourth-order valence-corrected chi connectivity index (χ4v) is 3.56. The predicted molar refractivity (Wildman–Crippen MR) is 117 cm³/mol. The van der Waals surface area contributed by atoms with Crippen LogP contribution in [0.5, 0.6) is 5.75 Å². The van der Waals surface area contributed by atoms with E-state index in [2.05, 4.69) is 15.4 Å². The van der Waals surface area contributed by atoms with E-state index in [1.807, 2.05) is 6.07 Å². The van der Waals surface area contributed by atoms with E-state index in [1.54, 1.807) is 43.3 Å². The van der Waals surface area contributed by atoms with Crippen molar-refractivity contribution in [2.45, 2.75) is 25.6 Å². The van der Waals surface area contributed by atoms with Gasteiger partial charge in [-0.3, -0.25) is 4.79 Å². The Bertz CT molecular complexity index is 1340. The fraction of sp³-hybridized carbons (Fsp3) is 0.174. The van der Waals surface area contributed by atoms with E-state index in [9.17, 15) is 23.1 Å². The Labute approximate surface area is 191 Å². The van der Waals surface area contributed by atoms with E-state index in [4.69, 9.17) is 11.6 Å². The van der Waals surface area contributed by atoms with Gasteiger partial charge in [0.05, 0.1) is 18.2 Å². The van der Waals surface area contributed by atoms with Crippen molar-refractivity contribution in [1.29, 1.82) is 0 Å². The van der Waals surface area contributed by atoms with E-state index in [0.717, 1.165) is 27.1 Å². The van der Waals surface area contributed by atoms with Crippen LogP contribution >= 0.6 is 11.6 Å². The molecule has 4 rings (SSSR count). The zero-order chi connectivity index (χ0) is 23.8. The molecule has 2 aromatic carbocycles. The molecular weight excluding hydrogens is 457 g/mol. The summed E-state index contributed by atoms with van der Waals surface area (Å²) in [5.74, 6) is -0.683. The molecule has 0 radical (unpaired) electrons. The molecule has 10 heteroatoms. The maximum Gasteiger partial charge on any atom is 0.435 e. The molecule has 33 heavy (non-hydrogen) atoms. The summed E-state index contributed by atoms with van der Waals surface area (Å²) in [5.41, 5.74) is -0.266. The molecule has 0 spiro atoms. The van der Waals surface area contributed by atoms with Crippen molar-refractivity contribution >= 4 is 28.3 Å². The zero-order valence-electron chi connectivity index (χ0n) is 17.3. The van der Waals surface area contributed by atoms with Crippen molar-refractivity contribution in [1.82, 2.24) is 20.1 Å². The quantitative estimate of drug-likeness (QED) is 0.389. The SMILES string of the molecule is CC(C(=O)NCc1cc(C(F)(F)F)nn1-c1cccc(Cl)n1)c1ccc2cc(O)ccc2c1. The molecule has 4 aromatic rings. The zero-order valence-corrected chi connectivity index (χ0v) is 18.0. The molecule has 170 valence electrons. The van der Waals surface area contributed by atoms with E-state index in [-0.39, 0.29) is 34.9 Å². The van der Waals surface area contributed by atoms with Gasteiger partial charge in [0.25, 0.3) is 0 Å². The maximum absolute atomic E-state index is 13.3. The van der Waals surface area contributed by atoms with Crippen LogP contribution in [0.15, 0.2) is 60.7 Å². The number of hydrogen-bond donors (Lipinski definition) is 2. The smallest absolute Gasteiger partial charge is 0.435 e. The third-order valence-electron chi connectivity index (χ3n) is 5.18. The third kappa shape index (κ3) is 4.93. The number of halogens is 4. The number of amides is 1. The van der Waals surface area contributed by atoms with Gasteiger partial charge in [-0.05, 0) is 53.6 Å². The summed E-state index contributed by atoms with van der Waals surface area (Å²) in [6.07, 6.45) is -4.66. The second-order valence-electron chi connectivity index (χ2n) is 7.48. The summed E-state index contributed by atoms with van der Waals surface area (Å²) in [5, 5.41) is 17.7. The second-order valence-corrected chi connectivity index (χ2v) is 7.87. The normalized spacial score (nSPS) is 12.6. The number of phenolic OH excluding ortho intramolecular Hbond substituents is 1. The standard InChI is InChI=1S/C23H18ClF3N4O2/c1-13(14-5-6-16-10-18(32)8-7-15(16)9-14)22(33)28-12-17-11-19(23(25,26)27)30-31(17)21-4-2-3-20(24)29-21/h2-11,13,32H,12H2,1H3,(H,28,33). The highest BCUT2D eigenvalue weighted by atomic mass is 35.5. The molecule has 0 bridgehead atoms.